The molecule has 2 N–H and O–H groups in total. The van der Waals surface area contributed by atoms with Crippen molar-refractivity contribution in [3.8, 4) is 0 Å². The van der Waals surface area contributed by atoms with Gasteiger partial charge in [-0.05, 0) is 18.4 Å². The SMILES string of the molecule is O=C(NCCN1CCOCC1)c1csc(NC2CCN(Cc3ccccc3)CC2)n1. The van der Waals surface area contributed by atoms with E-state index in [0.717, 1.165) is 70.5 Å². The van der Waals surface area contributed by atoms with Crippen molar-refractivity contribution in [1.82, 2.24) is 20.1 Å². The summed E-state index contributed by atoms with van der Waals surface area (Å²) >= 11 is 1.51. The molecular formula is C22H31N5O2S. The Hall–Kier alpha value is -2.00. The van der Waals surface area contributed by atoms with Crippen molar-refractivity contribution in [2.24, 2.45) is 0 Å². The van der Waals surface area contributed by atoms with Crippen molar-refractivity contribution in [2.45, 2.75) is 25.4 Å². The van der Waals surface area contributed by atoms with E-state index < -0.39 is 0 Å². The van der Waals surface area contributed by atoms with E-state index in [4.69, 9.17) is 4.74 Å². The number of amides is 1. The molecule has 30 heavy (non-hydrogen) atoms. The molecular weight excluding hydrogens is 398 g/mol. The quantitative estimate of drug-likeness (QED) is 0.671. The fraction of sp³-hybridized carbons (Fsp3) is 0.545. The predicted molar refractivity (Wildman–Crippen MR) is 120 cm³/mol. The summed E-state index contributed by atoms with van der Waals surface area (Å²) in [6.07, 6.45) is 2.18. The van der Waals surface area contributed by atoms with Gasteiger partial charge in [0.15, 0.2) is 5.13 Å². The number of aromatic nitrogens is 1. The minimum Gasteiger partial charge on any atom is -0.379 e. The summed E-state index contributed by atoms with van der Waals surface area (Å²) in [6, 6.07) is 11.1. The van der Waals surface area contributed by atoms with Crippen LogP contribution in [0.1, 0.15) is 28.9 Å². The molecule has 2 aromatic rings. The van der Waals surface area contributed by atoms with Gasteiger partial charge in [-0.2, -0.15) is 0 Å². The van der Waals surface area contributed by atoms with Gasteiger partial charge in [-0.15, -0.1) is 11.3 Å². The number of nitrogens with one attached hydrogen (secondary N) is 2. The molecule has 0 unspecified atom stereocenters. The molecule has 1 amide bonds. The molecule has 1 aromatic carbocycles. The van der Waals surface area contributed by atoms with Crippen LogP contribution in [-0.4, -0.2) is 79.2 Å². The van der Waals surface area contributed by atoms with E-state index in [0.29, 0.717) is 18.3 Å². The van der Waals surface area contributed by atoms with Gasteiger partial charge in [-0.25, -0.2) is 4.98 Å². The third kappa shape index (κ3) is 6.25. The number of benzene rings is 1. The molecule has 0 bridgehead atoms. The topological polar surface area (TPSA) is 69.7 Å². The molecule has 4 rings (SSSR count). The third-order valence-electron chi connectivity index (χ3n) is 5.72. The zero-order valence-corrected chi connectivity index (χ0v) is 18.2. The molecule has 0 aliphatic carbocycles. The number of thiazole rings is 1. The number of nitrogens with zero attached hydrogens (tertiary/aromatic N) is 3. The molecule has 1 aromatic heterocycles. The summed E-state index contributed by atoms with van der Waals surface area (Å²) in [5, 5.41) is 9.19. The highest BCUT2D eigenvalue weighted by Crippen LogP contribution is 2.21. The molecule has 2 saturated heterocycles. The van der Waals surface area contributed by atoms with Crippen molar-refractivity contribution in [2.75, 3.05) is 57.8 Å². The average Bonchev–Trinajstić information content (AvgIpc) is 3.25. The highest BCUT2D eigenvalue weighted by molar-refractivity contribution is 7.13. The van der Waals surface area contributed by atoms with Gasteiger partial charge < -0.3 is 15.4 Å². The van der Waals surface area contributed by atoms with Crippen molar-refractivity contribution >= 4 is 22.4 Å². The monoisotopic (exact) mass is 429 g/mol. The van der Waals surface area contributed by atoms with E-state index in [9.17, 15) is 4.79 Å². The number of likely N-dealkylation sites (tertiary alicyclic amines) is 1. The van der Waals surface area contributed by atoms with Crippen LogP contribution in [0.5, 0.6) is 0 Å². The maximum atomic E-state index is 12.4. The second-order valence-electron chi connectivity index (χ2n) is 7.93. The fourth-order valence-electron chi connectivity index (χ4n) is 3.94. The summed E-state index contributed by atoms with van der Waals surface area (Å²) in [5.41, 5.74) is 1.87. The van der Waals surface area contributed by atoms with E-state index in [2.05, 4.69) is 55.7 Å². The van der Waals surface area contributed by atoms with E-state index in [1.807, 2.05) is 5.38 Å². The smallest absolute Gasteiger partial charge is 0.270 e. The largest absolute Gasteiger partial charge is 0.379 e. The Kier molecular flexibility index (Phi) is 7.69. The van der Waals surface area contributed by atoms with Crippen LogP contribution in [0.3, 0.4) is 0 Å². The van der Waals surface area contributed by atoms with Crippen molar-refractivity contribution in [3.63, 3.8) is 0 Å². The lowest BCUT2D eigenvalue weighted by Gasteiger charge is -2.32. The fourth-order valence-corrected chi connectivity index (χ4v) is 4.71. The number of piperidine rings is 1. The molecule has 3 heterocycles. The number of carbonyl (C=O) groups excluding carboxylic acids is 1. The Morgan fingerprint density at radius 1 is 1.10 bits per heavy atom. The second kappa shape index (κ2) is 10.9. The zero-order valence-electron chi connectivity index (χ0n) is 17.4. The lowest BCUT2D eigenvalue weighted by molar-refractivity contribution is 0.0383. The first kappa shape index (κ1) is 21.2. The van der Waals surface area contributed by atoms with Crippen molar-refractivity contribution in [3.05, 3.63) is 47.0 Å². The van der Waals surface area contributed by atoms with Gasteiger partial charge in [0.25, 0.3) is 5.91 Å². The van der Waals surface area contributed by atoms with Crippen LogP contribution in [0.4, 0.5) is 5.13 Å². The zero-order chi connectivity index (χ0) is 20.6. The Balaban J connectivity index is 1.17. The van der Waals surface area contributed by atoms with Gasteiger partial charge in [0.2, 0.25) is 0 Å². The lowest BCUT2D eigenvalue weighted by Crippen LogP contribution is -2.41. The number of hydrogen-bond acceptors (Lipinski definition) is 7. The van der Waals surface area contributed by atoms with Gasteiger partial charge >= 0.3 is 0 Å². The average molecular weight is 430 g/mol. The number of hydrogen-bond donors (Lipinski definition) is 2. The predicted octanol–water partition coefficient (Wildman–Crippen LogP) is 2.28. The van der Waals surface area contributed by atoms with E-state index >= 15 is 0 Å². The van der Waals surface area contributed by atoms with Gasteiger partial charge in [0.05, 0.1) is 13.2 Å². The molecule has 0 atom stereocenters. The van der Waals surface area contributed by atoms with Crippen LogP contribution in [0, 0.1) is 0 Å². The summed E-state index contributed by atoms with van der Waals surface area (Å²) < 4.78 is 5.35. The Labute approximate surface area is 182 Å². The van der Waals surface area contributed by atoms with Gasteiger partial charge in [0.1, 0.15) is 5.69 Å². The standard InChI is InChI=1S/C22H31N5O2S/c28-21(23-8-11-26-12-14-29-15-13-26)20-17-30-22(25-20)24-19-6-9-27(10-7-19)16-18-4-2-1-3-5-18/h1-5,17,19H,6-16H2,(H,23,28)(H,24,25). The van der Waals surface area contributed by atoms with Crippen molar-refractivity contribution < 1.29 is 9.53 Å². The number of morpholine rings is 1. The lowest BCUT2D eigenvalue weighted by atomic mass is 10.0. The van der Waals surface area contributed by atoms with Crippen LogP contribution < -0.4 is 10.6 Å². The van der Waals surface area contributed by atoms with Crippen LogP contribution >= 0.6 is 11.3 Å². The molecule has 2 aliphatic rings. The Bertz CT molecular complexity index is 786. The molecule has 0 spiro atoms. The molecule has 2 fully saturated rings. The maximum absolute atomic E-state index is 12.4. The van der Waals surface area contributed by atoms with Gasteiger partial charge in [-0.3, -0.25) is 14.6 Å². The summed E-state index contributed by atoms with van der Waals surface area (Å²) in [4.78, 5) is 21.7. The van der Waals surface area contributed by atoms with Gasteiger partial charge in [-0.1, -0.05) is 30.3 Å². The van der Waals surface area contributed by atoms with E-state index in [-0.39, 0.29) is 5.91 Å². The molecule has 0 saturated carbocycles. The molecule has 7 nitrogen and oxygen atoms in total. The Morgan fingerprint density at radius 2 is 1.87 bits per heavy atom. The second-order valence-corrected chi connectivity index (χ2v) is 8.79. The third-order valence-corrected chi connectivity index (χ3v) is 6.49. The summed E-state index contributed by atoms with van der Waals surface area (Å²) in [5.74, 6) is -0.0924. The first-order valence-corrected chi connectivity index (χ1v) is 11.7. The van der Waals surface area contributed by atoms with E-state index in [1.54, 1.807) is 0 Å². The first-order valence-electron chi connectivity index (χ1n) is 10.8. The van der Waals surface area contributed by atoms with Crippen LogP contribution in [0.25, 0.3) is 0 Å². The Morgan fingerprint density at radius 3 is 2.63 bits per heavy atom. The van der Waals surface area contributed by atoms with Crippen LogP contribution in [0.15, 0.2) is 35.7 Å². The number of anilines is 1. The molecule has 0 radical (unpaired) electrons. The number of carbonyl (C=O) groups is 1. The highest BCUT2D eigenvalue weighted by atomic mass is 32.1. The minimum absolute atomic E-state index is 0.0924. The molecule has 162 valence electrons. The maximum Gasteiger partial charge on any atom is 0.270 e. The summed E-state index contributed by atoms with van der Waals surface area (Å²) in [7, 11) is 0. The van der Waals surface area contributed by atoms with Crippen LogP contribution in [0.2, 0.25) is 0 Å². The first-order chi connectivity index (χ1) is 14.8. The highest BCUT2D eigenvalue weighted by Gasteiger charge is 2.20. The van der Waals surface area contributed by atoms with Gasteiger partial charge in [0, 0.05) is 57.2 Å². The van der Waals surface area contributed by atoms with E-state index in [1.165, 1.54) is 16.9 Å². The normalized spacial score (nSPS) is 18.9. The number of ether oxygens (including phenoxy) is 1. The minimum atomic E-state index is -0.0924. The van der Waals surface area contributed by atoms with Crippen molar-refractivity contribution in [1.29, 1.82) is 0 Å². The number of rotatable bonds is 8. The molecule has 8 heteroatoms. The molecule has 2 aliphatic heterocycles. The summed E-state index contributed by atoms with van der Waals surface area (Å²) in [6.45, 7) is 8.08. The van der Waals surface area contributed by atoms with Crippen LogP contribution in [-0.2, 0) is 11.3 Å².